The van der Waals surface area contributed by atoms with Gasteiger partial charge >= 0.3 is 5.97 Å². The average molecular weight is 284 g/mol. The number of aromatic carboxylic acids is 1. The van der Waals surface area contributed by atoms with Crippen LogP contribution in [-0.2, 0) is 0 Å². The summed E-state index contributed by atoms with van der Waals surface area (Å²) in [7, 11) is 2.10. The molecule has 98 valence electrons. The van der Waals surface area contributed by atoms with Crippen LogP contribution in [-0.4, -0.2) is 46.1 Å². The number of carboxylic acids is 1. The summed E-state index contributed by atoms with van der Waals surface area (Å²) in [5.74, 6) is 1.77. The molecule has 2 aliphatic rings. The third-order valence-corrected chi connectivity index (χ3v) is 5.69. The first-order valence-electron chi connectivity index (χ1n) is 6.18. The Bertz CT molecular complexity index is 471. The molecule has 1 atom stereocenters. The molecule has 0 aromatic carbocycles. The number of hydrogen-bond acceptors (Lipinski definition) is 5. The molecule has 1 saturated carbocycles. The van der Waals surface area contributed by atoms with Crippen molar-refractivity contribution in [3.63, 3.8) is 0 Å². The normalized spacial score (nSPS) is 25.3. The number of thioether (sulfide) groups is 1. The maximum atomic E-state index is 11.3. The molecule has 0 spiro atoms. The molecule has 1 aliphatic carbocycles. The molecule has 1 aromatic rings. The van der Waals surface area contributed by atoms with E-state index in [1.54, 1.807) is 0 Å². The first-order chi connectivity index (χ1) is 8.66. The minimum absolute atomic E-state index is 0.291. The van der Waals surface area contributed by atoms with Gasteiger partial charge < -0.3 is 5.11 Å². The van der Waals surface area contributed by atoms with Gasteiger partial charge in [0.05, 0.1) is 11.7 Å². The summed E-state index contributed by atoms with van der Waals surface area (Å²) in [6.45, 7) is 1.05. The Morgan fingerprint density at radius 3 is 2.89 bits per heavy atom. The van der Waals surface area contributed by atoms with E-state index in [0.29, 0.717) is 16.8 Å². The second kappa shape index (κ2) is 4.83. The van der Waals surface area contributed by atoms with Crippen LogP contribution in [0.2, 0.25) is 0 Å². The highest BCUT2D eigenvalue weighted by atomic mass is 32.2. The third-order valence-electron chi connectivity index (χ3n) is 3.51. The summed E-state index contributed by atoms with van der Waals surface area (Å²) in [4.78, 5) is 18.7. The minimum atomic E-state index is -0.813. The monoisotopic (exact) mass is 284 g/mol. The number of nitrogens with zero attached hydrogens (tertiary/aromatic N) is 2. The molecule has 0 radical (unpaired) electrons. The molecule has 1 N–H and O–H groups in total. The Morgan fingerprint density at radius 1 is 1.50 bits per heavy atom. The van der Waals surface area contributed by atoms with Crippen molar-refractivity contribution < 1.29 is 9.90 Å². The van der Waals surface area contributed by atoms with Gasteiger partial charge in [0.2, 0.25) is 0 Å². The molecular weight excluding hydrogens is 268 g/mol. The van der Waals surface area contributed by atoms with E-state index in [4.69, 9.17) is 0 Å². The lowest BCUT2D eigenvalue weighted by Gasteiger charge is -2.30. The van der Waals surface area contributed by atoms with Crippen LogP contribution in [0, 0.1) is 0 Å². The zero-order valence-electron chi connectivity index (χ0n) is 10.3. The van der Waals surface area contributed by atoms with Crippen LogP contribution < -0.4 is 0 Å². The number of rotatable bonds is 3. The Balaban J connectivity index is 1.92. The van der Waals surface area contributed by atoms with E-state index in [-0.39, 0.29) is 0 Å². The van der Waals surface area contributed by atoms with Crippen molar-refractivity contribution >= 4 is 29.1 Å². The average Bonchev–Trinajstić information content (AvgIpc) is 3.09. The van der Waals surface area contributed by atoms with Gasteiger partial charge in [0, 0.05) is 24.0 Å². The van der Waals surface area contributed by atoms with E-state index in [2.05, 4.69) is 16.9 Å². The van der Waals surface area contributed by atoms with Gasteiger partial charge in [-0.2, -0.15) is 11.8 Å². The maximum Gasteiger partial charge on any atom is 0.347 e. The zero-order chi connectivity index (χ0) is 12.7. The standard InChI is InChI=1S/C12H16N2O2S2/c1-14-4-5-17-6-8(14)11-13-9(7-2-3-7)10(18-11)12(15)16/h7-8H,2-6H2,1H3,(H,15,16). The lowest BCUT2D eigenvalue weighted by atomic mass is 10.2. The molecular formula is C12H16N2O2S2. The first kappa shape index (κ1) is 12.4. The summed E-state index contributed by atoms with van der Waals surface area (Å²) in [6, 6.07) is 0.291. The Hall–Kier alpha value is -0.590. The van der Waals surface area contributed by atoms with Gasteiger partial charge in [-0.15, -0.1) is 11.3 Å². The lowest BCUT2D eigenvalue weighted by molar-refractivity contribution is 0.0700. The van der Waals surface area contributed by atoms with Gasteiger partial charge in [-0.3, -0.25) is 4.90 Å². The van der Waals surface area contributed by atoms with Crippen LogP contribution in [0.4, 0.5) is 0 Å². The van der Waals surface area contributed by atoms with Crippen LogP contribution in [0.3, 0.4) is 0 Å². The van der Waals surface area contributed by atoms with Crippen molar-refractivity contribution in [1.29, 1.82) is 0 Å². The highest BCUT2D eigenvalue weighted by molar-refractivity contribution is 7.99. The van der Waals surface area contributed by atoms with Gasteiger partial charge in [0.25, 0.3) is 0 Å². The highest BCUT2D eigenvalue weighted by Crippen LogP contribution is 2.44. The van der Waals surface area contributed by atoms with Gasteiger partial charge in [-0.1, -0.05) is 0 Å². The molecule has 1 unspecified atom stereocenters. The van der Waals surface area contributed by atoms with Crippen LogP contribution in [0.5, 0.6) is 0 Å². The summed E-state index contributed by atoms with van der Waals surface area (Å²) < 4.78 is 0. The lowest BCUT2D eigenvalue weighted by Crippen LogP contribution is -2.32. The van der Waals surface area contributed by atoms with Crippen molar-refractivity contribution in [2.24, 2.45) is 0 Å². The summed E-state index contributed by atoms with van der Waals surface area (Å²) in [6.07, 6.45) is 2.19. The fraction of sp³-hybridized carbons (Fsp3) is 0.667. The second-order valence-corrected chi connectivity index (χ2v) is 7.10. The predicted octanol–water partition coefficient (Wildman–Crippen LogP) is 2.44. The largest absolute Gasteiger partial charge is 0.477 e. The summed E-state index contributed by atoms with van der Waals surface area (Å²) >= 11 is 3.31. The SMILES string of the molecule is CN1CCSCC1c1nc(C2CC2)c(C(=O)O)s1. The number of thiazole rings is 1. The van der Waals surface area contributed by atoms with Crippen molar-refractivity contribution in [2.75, 3.05) is 25.1 Å². The molecule has 6 heteroatoms. The molecule has 2 heterocycles. The van der Waals surface area contributed by atoms with Gasteiger partial charge in [-0.05, 0) is 19.9 Å². The Labute approximate surface area is 114 Å². The van der Waals surface area contributed by atoms with E-state index in [1.807, 2.05) is 11.8 Å². The number of aromatic nitrogens is 1. The second-order valence-electron chi connectivity index (χ2n) is 4.92. The van der Waals surface area contributed by atoms with Gasteiger partial charge in [0.1, 0.15) is 9.88 Å². The Morgan fingerprint density at radius 2 is 2.28 bits per heavy atom. The third kappa shape index (κ3) is 2.29. The highest BCUT2D eigenvalue weighted by Gasteiger charge is 2.34. The first-order valence-corrected chi connectivity index (χ1v) is 8.16. The van der Waals surface area contributed by atoms with Crippen molar-refractivity contribution in [2.45, 2.75) is 24.8 Å². The topological polar surface area (TPSA) is 53.4 Å². The van der Waals surface area contributed by atoms with Gasteiger partial charge in [0.15, 0.2) is 0 Å². The smallest absolute Gasteiger partial charge is 0.347 e. The molecule has 3 rings (SSSR count). The predicted molar refractivity (Wildman–Crippen MR) is 73.7 cm³/mol. The van der Waals surface area contributed by atoms with Crippen molar-refractivity contribution in [1.82, 2.24) is 9.88 Å². The fourth-order valence-electron chi connectivity index (χ4n) is 2.22. The molecule has 1 aromatic heterocycles. The quantitative estimate of drug-likeness (QED) is 0.924. The number of carbonyl (C=O) groups is 1. The molecule has 4 nitrogen and oxygen atoms in total. The molecule has 0 amide bonds. The van der Waals surface area contributed by atoms with E-state index in [9.17, 15) is 9.90 Å². The summed E-state index contributed by atoms with van der Waals surface area (Å²) in [5, 5.41) is 10.3. The van der Waals surface area contributed by atoms with Crippen LogP contribution in [0.1, 0.15) is 45.2 Å². The van der Waals surface area contributed by atoms with Crippen molar-refractivity contribution in [3.05, 3.63) is 15.6 Å². The van der Waals surface area contributed by atoms with Crippen LogP contribution >= 0.6 is 23.1 Å². The minimum Gasteiger partial charge on any atom is -0.477 e. The van der Waals surface area contributed by atoms with Crippen molar-refractivity contribution in [3.8, 4) is 0 Å². The molecule has 18 heavy (non-hydrogen) atoms. The number of hydrogen-bond donors (Lipinski definition) is 1. The van der Waals surface area contributed by atoms with Gasteiger partial charge in [-0.25, -0.2) is 9.78 Å². The van der Waals surface area contributed by atoms with E-state index < -0.39 is 5.97 Å². The van der Waals surface area contributed by atoms with Crippen LogP contribution in [0.15, 0.2) is 0 Å². The molecule has 1 aliphatic heterocycles. The molecule has 0 bridgehead atoms. The molecule has 1 saturated heterocycles. The van der Waals surface area contributed by atoms with E-state index >= 15 is 0 Å². The maximum absolute atomic E-state index is 11.3. The Kier molecular flexibility index (Phi) is 3.34. The zero-order valence-corrected chi connectivity index (χ0v) is 11.9. The summed E-state index contributed by atoms with van der Waals surface area (Å²) in [5.41, 5.74) is 0.839. The molecule has 2 fully saturated rings. The number of carboxylic acid groups (broad SMARTS) is 1. The van der Waals surface area contributed by atoms with Crippen LogP contribution in [0.25, 0.3) is 0 Å². The fourth-order valence-corrected chi connectivity index (χ4v) is 4.71. The van der Waals surface area contributed by atoms with E-state index in [1.165, 1.54) is 11.3 Å². The van der Waals surface area contributed by atoms with E-state index in [0.717, 1.165) is 41.6 Å².